The lowest BCUT2D eigenvalue weighted by atomic mass is 9.93. The molecule has 2 aromatic carbocycles. The first kappa shape index (κ1) is 21.6. The molecule has 1 aliphatic rings. The number of hydrogen-bond acceptors (Lipinski definition) is 4. The van der Waals surface area contributed by atoms with Crippen LogP contribution in [0.3, 0.4) is 0 Å². The van der Waals surface area contributed by atoms with Crippen LogP contribution in [0.1, 0.15) is 67.3 Å². The number of benzene rings is 2. The maximum Gasteiger partial charge on any atom is 0.291 e. The quantitative estimate of drug-likeness (QED) is 0.557. The fraction of sp³-hybridized carbons (Fsp3) is 0.269. The van der Waals surface area contributed by atoms with Crippen molar-refractivity contribution in [2.75, 3.05) is 5.32 Å². The van der Waals surface area contributed by atoms with Gasteiger partial charge in [-0.2, -0.15) is 5.10 Å². The minimum Gasteiger partial charge on any atom is -0.455 e. The summed E-state index contributed by atoms with van der Waals surface area (Å²) in [4.78, 5) is 25.5. The van der Waals surface area contributed by atoms with E-state index in [1.54, 1.807) is 6.07 Å². The van der Waals surface area contributed by atoms with Crippen LogP contribution in [0.5, 0.6) is 0 Å². The van der Waals surface area contributed by atoms with Crippen LogP contribution >= 0.6 is 0 Å². The van der Waals surface area contributed by atoms with E-state index in [1.165, 1.54) is 0 Å². The third-order valence-electron chi connectivity index (χ3n) is 5.75. The third-order valence-corrected chi connectivity index (χ3v) is 5.75. The molecule has 1 aromatic heterocycles. The Kier molecular flexibility index (Phi) is 5.95. The molecule has 6 nitrogen and oxygen atoms in total. The Balaban J connectivity index is 1.58. The van der Waals surface area contributed by atoms with Crippen molar-refractivity contribution in [2.24, 2.45) is 5.10 Å². The standard InChI is InChI=1S/C26H27N3O3/c1-15-7-5-8-19(13-15)25(30)29-28-20-9-6-10-22-23(20)18(4)24(32-22)26(31)27-21-14-16(2)11-12-17(21)3/h5,7-8,11-14H,6,9-10H2,1-4H3,(H,27,31)(H,29,30)/b28-20+. The van der Waals surface area contributed by atoms with Gasteiger partial charge in [-0.1, -0.05) is 29.8 Å². The summed E-state index contributed by atoms with van der Waals surface area (Å²) < 4.78 is 5.97. The fourth-order valence-corrected chi connectivity index (χ4v) is 4.02. The molecule has 0 saturated carbocycles. The molecule has 0 radical (unpaired) electrons. The Morgan fingerprint density at radius 2 is 1.72 bits per heavy atom. The summed E-state index contributed by atoms with van der Waals surface area (Å²) in [5.74, 6) is 0.482. The molecule has 2 amide bonds. The smallest absolute Gasteiger partial charge is 0.291 e. The molecule has 0 bridgehead atoms. The minimum atomic E-state index is -0.284. The van der Waals surface area contributed by atoms with E-state index in [-0.39, 0.29) is 17.6 Å². The number of carbonyl (C=O) groups is 2. The van der Waals surface area contributed by atoms with Crippen LogP contribution in [0.2, 0.25) is 0 Å². The number of nitrogens with one attached hydrogen (secondary N) is 2. The zero-order valence-corrected chi connectivity index (χ0v) is 18.8. The Morgan fingerprint density at radius 3 is 2.50 bits per heavy atom. The van der Waals surface area contributed by atoms with E-state index in [1.807, 2.05) is 64.1 Å². The van der Waals surface area contributed by atoms with E-state index >= 15 is 0 Å². The first-order chi connectivity index (χ1) is 15.3. The highest BCUT2D eigenvalue weighted by atomic mass is 16.4. The van der Waals surface area contributed by atoms with Crippen LogP contribution in [0.15, 0.2) is 52.0 Å². The molecular formula is C26H27N3O3. The second kappa shape index (κ2) is 8.83. The van der Waals surface area contributed by atoms with Gasteiger partial charge in [-0.05, 0) is 69.9 Å². The van der Waals surface area contributed by atoms with Gasteiger partial charge in [-0.25, -0.2) is 5.43 Å². The fourth-order valence-electron chi connectivity index (χ4n) is 4.02. The van der Waals surface area contributed by atoms with Crippen LogP contribution in [0, 0.1) is 27.7 Å². The number of fused-ring (bicyclic) bond motifs is 1. The molecule has 0 saturated heterocycles. The Labute approximate surface area is 187 Å². The average molecular weight is 430 g/mol. The van der Waals surface area contributed by atoms with E-state index in [2.05, 4.69) is 15.8 Å². The van der Waals surface area contributed by atoms with E-state index in [9.17, 15) is 9.59 Å². The lowest BCUT2D eigenvalue weighted by Gasteiger charge is -2.13. The lowest BCUT2D eigenvalue weighted by molar-refractivity contribution is 0.0953. The predicted molar refractivity (Wildman–Crippen MR) is 125 cm³/mol. The maximum absolute atomic E-state index is 13.0. The van der Waals surface area contributed by atoms with Gasteiger partial charge in [0, 0.05) is 28.8 Å². The van der Waals surface area contributed by atoms with Gasteiger partial charge in [0.15, 0.2) is 5.76 Å². The van der Waals surface area contributed by atoms with Gasteiger partial charge in [0.1, 0.15) is 5.76 Å². The first-order valence-electron chi connectivity index (χ1n) is 10.8. The molecule has 1 heterocycles. The van der Waals surface area contributed by atoms with Crippen molar-refractivity contribution in [3.8, 4) is 0 Å². The highest BCUT2D eigenvalue weighted by Crippen LogP contribution is 2.30. The average Bonchev–Trinajstić information content (AvgIpc) is 3.12. The number of hydrogen-bond donors (Lipinski definition) is 2. The van der Waals surface area contributed by atoms with Crippen molar-refractivity contribution in [3.63, 3.8) is 0 Å². The highest BCUT2D eigenvalue weighted by molar-refractivity contribution is 6.09. The molecule has 2 N–H and O–H groups in total. The molecule has 1 aliphatic carbocycles. The Bertz CT molecular complexity index is 1240. The van der Waals surface area contributed by atoms with Gasteiger partial charge < -0.3 is 9.73 Å². The van der Waals surface area contributed by atoms with Gasteiger partial charge >= 0.3 is 0 Å². The molecule has 0 fully saturated rings. The third kappa shape index (κ3) is 4.35. The summed E-state index contributed by atoms with van der Waals surface area (Å²) in [6.45, 7) is 7.75. The zero-order valence-electron chi connectivity index (χ0n) is 18.8. The molecular weight excluding hydrogens is 402 g/mol. The predicted octanol–water partition coefficient (Wildman–Crippen LogP) is 5.24. The van der Waals surface area contributed by atoms with Crippen LogP contribution < -0.4 is 10.7 Å². The summed E-state index contributed by atoms with van der Waals surface area (Å²) >= 11 is 0. The van der Waals surface area contributed by atoms with Gasteiger partial charge in [0.2, 0.25) is 0 Å². The number of anilines is 1. The molecule has 0 atom stereocenters. The van der Waals surface area contributed by atoms with Crippen molar-refractivity contribution in [2.45, 2.75) is 47.0 Å². The largest absolute Gasteiger partial charge is 0.455 e. The Morgan fingerprint density at radius 1 is 0.938 bits per heavy atom. The van der Waals surface area contributed by atoms with Crippen LogP contribution in [-0.4, -0.2) is 17.5 Å². The van der Waals surface area contributed by atoms with Gasteiger partial charge in [-0.3, -0.25) is 9.59 Å². The highest BCUT2D eigenvalue weighted by Gasteiger charge is 2.28. The summed E-state index contributed by atoms with van der Waals surface area (Å²) in [5, 5.41) is 7.37. The van der Waals surface area contributed by atoms with E-state index < -0.39 is 0 Å². The van der Waals surface area contributed by atoms with Gasteiger partial charge in [0.05, 0.1) is 5.71 Å². The van der Waals surface area contributed by atoms with E-state index in [0.717, 1.165) is 57.8 Å². The van der Waals surface area contributed by atoms with Crippen LogP contribution in [-0.2, 0) is 6.42 Å². The SMILES string of the molecule is Cc1cccc(C(=O)N/N=C2\CCCc3oc(C(=O)Nc4cc(C)ccc4C)c(C)c32)c1. The van der Waals surface area contributed by atoms with E-state index in [0.29, 0.717) is 12.0 Å². The van der Waals surface area contributed by atoms with Crippen molar-refractivity contribution < 1.29 is 14.0 Å². The lowest BCUT2D eigenvalue weighted by Crippen LogP contribution is -2.22. The van der Waals surface area contributed by atoms with Crippen molar-refractivity contribution in [3.05, 3.63) is 87.4 Å². The molecule has 32 heavy (non-hydrogen) atoms. The molecule has 0 spiro atoms. The van der Waals surface area contributed by atoms with Crippen molar-refractivity contribution in [1.82, 2.24) is 5.43 Å². The number of carbonyl (C=O) groups excluding carboxylic acids is 2. The molecule has 164 valence electrons. The number of hydrazone groups is 1. The molecule has 6 heteroatoms. The second-order valence-corrected chi connectivity index (χ2v) is 8.35. The summed E-state index contributed by atoms with van der Waals surface area (Å²) in [5.41, 5.74) is 9.36. The van der Waals surface area contributed by atoms with Crippen molar-refractivity contribution in [1.29, 1.82) is 0 Å². The number of furan rings is 1. The zero-order chi connectivity index (χ0) is 22.8. The van der Waals surface area contributed by atoms with Gasteiger partial charge in [0.25, 0.3) is 11.8 Å². The van der Waals surface area contributed by atoms with Crippen LogP contribution in [0.4, 0.5) is 5.69 Å². The molecule has 3 aromatic rings. The molecule has 0 unspecified atom stereocenters. The van der Waals surface area contributed by atoms with Crippen molar-refractivity contribution >= 4 is 23.2 Å². The van der Waals surface area contributed by atoms with Gasteiger partial charge in [-0.15, -0.1) is 0 Å². The summed E-state index contributed by atoms with van der Waals surface area (Å²) in [6, 6.07) is 13.3. The molecule has 0 aliphatic heterocycles. The number of nitrogens with zero attached hydrogens (tertiary/aromatic N) is 1. The Hall–Kier alpha value is -3.67. The number of amides is 2. The summed E-state index contributed by atoms with van der Waals surface area (Å²) in [6.07, 6.45) is 2.29. The normalized spacial score (nSPS) is 14.2. The monoisotopic (exact) mass is 429 g/mol. The second-order valence-electron chi connectivity index (χ2n) is 8.35. The minimum absolute atomic E-state index is 0.262. The van der Waals surface area contributed by atoms with E-state index in [4.69, 9.17) is 4.42 Å². The number of aryl methyl sites for hydroxylation is 4. The summed E-state index contributed by atoms with van der Waals surface area (Å²) in [7, 11) is 0. The first-order valence-corrected chi connectivity index (χ1v) is 10.8. The number of rotatable bonds is 4. The maximum atomic E-state index is 13.0. The molecule has 4 rings (SSSR count). The van der Waals surface area contributed by atoms with Crippen LogP contribution in [0.25, 0.3) is 0 Å². The topological polar surface area (TPSA) is 83.7 Å².